The van der Waals surface area contributed by atoms with Gasteiger partial charge >= 0.3 is 12.4 Å². The van der Waals surface area contributed by atoms with Gasteiger partial charge in [-0.1, -0.05) is 6.07 Å². The van der Waals surface area contributed by atoms with Crippen LogP contribution in [-0.4, -0.2) is 11.2 Å². The van der Waals surface area contributed by atoms with E-state index in [2.05, 4.69) is 31.9 Å². The lowest BCUT2D eigenvalue weighted by atomic mass is 10.1. The summed E-state index contributed by atoms with van der Waals surface area (Å²) < 4.78 is 73.9. The van der Waals surface area contributed by atoms with Crippen LogP contribution in [0, 0.1) is 10.1 Å². The second kappa shape index (κ2) is 10.1. The predicted octanol–water partition coefficient (Wildman–Crippen LogP) is 6.80. The van der Waals surface area contributed by atoms with E-state index in [4.69, 9.17) is 5.73 Å². The first-order valence-electron chi connectivity index (χ1n) is 7.47. The zero-order chi connectivity index (χ0) is 23.3. The zero-order valence-electron chi connectivity index (χ0n) is 14.4. The lowest BCUT2D eigenvalue weighted by Gasteiger charge is -2.08. The third kappa shape index (κ3) is 7.44. The van der Waals surface area contributed by atoms with Crippen LogP contribution in [0.2, 0.25) is 0 Å². The minimum atomic E-state index is -4.66. The number of nitrogens with zero attached hydrogens (tertiary/aromatic N) is 1. The molecule has 2 rings (SSSR count). The van der Waals surface area contributed by atoms with Gasteiger partial charge in [-0.2, -0.15) is 26.3 Å². The summed E-state index contributed by atoms with van der Waals surface area (Å²) in [5, 5.41) is 10.3. The minimum Gasteiger partial charge on any atom is -0.398 e. The largest absolute Gasteiger partial charge is 0.416 e. The van der Waals surface area contributed by atoms with Crippen LogP contribution in [0.25, 0.3) is 6.08 Å². The van der Waals surface area contributed by atoms with Crippen LogP contribution in [-0.2, 0) is 12.4 Å². The van der Waals surface area contributed by atoms with E-state index < -0.39 is 34.1 Å². The summed E-state index contributed by atoms with van der Waals surface area (Å²) >= 11 is 6.21. The van der Waals surface area contributed by atoms with Crippen LogP contribution in [0.3, 0.4) is 0 Å². The Bertz CT molecular complexity index is 971. The summed E-state index contributed by atoms with van der Waals surface area (Å²) in [6.45, 7) is 0. The number of carbonyl (C=O) groups is 1. The number of aldehydes is 1. The Morgan fingerprint density at radius 2 is 1.40 bits per heavy atom. The van der Waals surface area contributed by atoms with Gasteiger partial charge in [0.05, 0.1) is 25.0 Å². The Hall–Kier alpha value is -2.41. The lowest BCUT2D eigenvalue weighted by Crippen LogP contribution is -2.06. The number of nitro benzene ring substituents is 1. The summed E-state index contributed by atoms with van der Waals surface area (Å²) in [6, 6.07) is 4.95. The normalized spacial score (nSPS) is 11.2. The summed E-state index contributed by atoms with van der Waals surface area (Å²) in [5.74, 6) is 0. The van der Waals surface area contributed by atoms with E-state index in [0.717, 1.165) is 18.2 Å². The van der Waals surface area contributed by atoms with Crippen LogP contribution >= 0.6 is 31.9 Å². The van der Waals surface area contributed by atoms with Gasteiger partial charge in [0.25, 0.3) is 5.69 Å². The van der Waals surface area contributed by atoms with Crippen LogP contribution in [0.15, 0.2) is 39.8 Å². The van der Waals surface area contributed by atoms with Crippen molar-refractivity contribution in [1.82, 2.24) is 0 Å². The standard InChI is InChI=1S/C9H6Br2F3N.C8H4F3NO3/c10-8(11)3-5-1-2-6(4-7(5)15)9(12,13)14;9-8(10,11)6-2-1-5(4-13)7(3-6)12(14)15/h1-4H,15H2;1-4H. The van der Waals surface area contributed by atoms with Crippen molar-refractivity contribution in [3.8, 4) is 0 Å². The molecule has 0 radical (unpaired) electrons. The number of halogens is 8. The van der Waals surface area contributed by atoms with Gasteiger partial charge in [0.15, 0.2) is 6.29 Å². The van der Waals surface area contributed by atoms with Crippen molar-refractivity contribution in [1.29, 1.82) is 0 Å². The summed E-state index contributed by atoms with van der Waals surface area (Å²) in [5.41, 5.74) is 2.96. The van der Waals surface area contributed by atoms with Crippen molar-refractivity contribution in [2.75, 3.05) is 5.73 Å². The van der Waals surface area contributed by atoms with Gasteiger partial charge in [-0.05, 0) is 67.8 Å². The third-order valence-corrected chi connectivity index (χ3v) is 3.82. The number of nitro groups is 1. The molecule has 0 aliphatic carbocycles. The van der Waals surface area contributed by atoms with Gasteiger partial charge in [-0.15, -0.1) is 0 Å². The molecule has 0 saturated carbocycles. The number of anilines is 1. The van der Waals surface area contributed by atoms with Gasteiger partial charge < -0.3 is 5.73 Å². The first-order valence-corrected chi connectivity index (χ1v) is 9.05. The number of nitrogen functional groups attached to an aromatic ring is 1. The molecule has 2 aromatic carbocycles. The quantitative estimate of drug-likeness (QED) is 0.146. The molecule has 30 heavy (non-hydrogen) atoms. The van der Waals surface area contributed by atoms with Crippen LogP contribution in [0.4, 0.5) is 37.7 Å². The van der Waals surface area contributed by atoms with Gasteiger partial charge in [0, 0.05) is 11.8 Å². The van der Waals surface area contributed by atoms with E-state index in [9.17, 15) is 41.3 Å². The highest BCUT2D eigenvalue weighted by Gasteiger charge is 2.33. The van der Waals surface area contributed by atoms with Crippen LogP contribution in [0.5, 0.6) is 0 Å². The topological polar surface area (TPSA) is 86.2 Å². The molecule has 0 atom stereocenters. The molecule has 0 aliphatic heterocycles. The zero-order valence-corrected chi connectivity index (χ0v) is 17.6. The van der Waals surface area contributed by atoms with E-state index in [1.165, 1.54) is 6.07 Å². The first kappa shape index (κ1) is 25.6. The molecule has 5 nitrogen and oxygen atoms in total. The number of rotatable bonds is 3. The lowest BCUT2D eigenvalue weighted by molar-refractivity contribution is -0.385. The first-order chi connectivity index (χ1) is 13.7. The molecule has 0 saturated heterocycles. The molecule has 0 bridgehead atoms. The fourth-order valence-electron chi connectivity index (χ4n) is 1.98. The van der Waals surface area contributed by atoms with Gasteiger partial charge in [-0.25, -0.2) is 0 Å². The molecule has 0 amide bonds. The molecule has 13 heteroatoms. The van der Waals surface area contributed by atoms with Crippen LogP contribution < -0.4 is 5.73 Å². The molecule has 0 spiro atoms. The number of carbonyl (C=O) groups excluding carboxylic acids is 1. The van der Waals surface area contributed by atoms with E-state index in [1.807, 2.05) is 0 Å². The van der Waals surface area contributed by atoms with E-state index in [0.29, 0.717) is 21.1 Å². The summed E-state index contributed by atoms with van der Waals surface area (Å²) in [7, 11) is 0. The number of hydrogen-bond donors (Lipinski definition) is 1. The van der Waals surface area contributed by atoms with Gasteiger partial charge in [0.1, 0.15) is 0 Å². The Kier molecular flexibility index (Phi) is 8.60. The number of nitrogens with two attached hydrogens (primary N) is 1. The van der Waals surface area contributed by atoms with Crippen molar-refractivity contribution >= 4 is 55.6 Å². The Balaban J connectivity index is 0.000000300. The predicted molar refractivity (Wildman–Crippen MR) is 105 cm³/mol. The minimum absolute atomic E-state index is 0.0845. The summed E-state index contributed by atoms with van der Waals surface area (Å²) in [6.07, 6.45) is -7.30. The maximum absolute atomic E-state index is 12.3. The van der Waals surface area contributed by atoms with Gasteiger partial charge in [-0.3, -0.25) is 14.9 Å². The van der Waals surface area contributed by atoms with Crippen molar-refractivity contribution < 1.29 is 36.1 Å². The second-order valence-electron chi connectivity index (χ2n) is 5.42. The smallest absolute Gasteiger partial charge is 0.398 e. The van der Waals surface area contributed by atoms with E-state index >= 15 is 0 Å². The number of hydrogen-bond acceptors (Lipinski definition) is 4. The summed E-state index contributed by atoms with van der Waals surface area (Å²) in [4.78, 5) is 19.6. The molecular formula is C17H10Br2F6N2O3. The number of benzene rings is 2. The molecule has 2 N–H and O–H groups in total. The molecule has 0 heterocycles. The third-order valence-electron chi connectivity index (χ3n) is 3.36. The fourth-order valence-corrected chi connectivity index (χ4v) is 2.47. The van der Waals surface area contributed by atoms with Crippen molar-refractivity contribution in [3.05, 3.63) is 72.2 Å². The second-order valence-corrected chi connectivity index (χ2v) is 8.19. The maximum atomic E-state index is 12.3. The molecule has 162 valence electrons. The molecule has 0 fully saturated rings. The monoisotopic (exact) mass is 562 g/mol. The molecule has 0 aliphatic rings. The Labute approximate surface area is 182 Å². The molecule has 2 aromatic rings. The SMILES string of the molecule is Nc1cc(C(F)(F)F)ccc1C=C(Br)Br.O=Cc1ccc(C(F)(F)F)cc1[N+](=O)[O-]. The van der Waals surface area contributed by atoms with E-state index in [-0.39, 0.29) is 17.5 Å². The Morgan fingerprint density at radius 1 is 0.933 bits per heavy atom. The van der Waals surface area contributed by atoms with Crippen molar-refractivity contribution in [2.45, 2.75) is 12.4 Å². The highest BCUT2D eigenvalue weighted by molar-refractivity contribution is 9.28. The van der Waals surface area contributed by atoms with Crippen LogP contribution in [0.1, 0.15) is 27.0 Å². The average Bonchev–Trinajstić information content (AvgIpc) is 2.61. The van der Waals surface area contributed by atoms with Crippen molar-refractivity contribution in [2.24, 2.45) is 0 Å². The van der Waals surface area contributed by atoms with E-state index in [1.54, 1.807) is 6.08 Å². The van der Waals surface area contributed by atoms with Crippen molar-refractivity contribution in [3.63, 3.8) is 0 Å². The Morgan fingerprint density at radius 3 is 1.77 bits per heavy atom. The average molecular weight is 564 g/mol. The highest BCUT2D eigenvalue weighted by atomic mass is 79.9. The molecule has 0 unspecified atom stereocenters. The maximum Gasteiger partial charge on any atom is 0.416 e. The molecule has 0 aromatic heterocycles. The molecular weight excluding hydrogens is 554 g/mol. The number of alkyl halides is 6. The highest BCUT2D eigenvalue weighted by Crippen LogP contribution is 2.33. The fraction of sp³-hybridized carbons (Fsp3) is 0.118. The van der Waals surface area contributed by atoms with Gasteiger partial charge in [0.2, 0.25) is 0 Å².